The van der Waals surface area contributed by atoms with E-state index < -0.39 is 0 Å². The molecular weight excluding hydrogens is 312 g/mol. The van der Waals surface area contributed by atoms with Crippen molar-refractivity contribution in [3.05, 3.63) is 70.8 Å². The highest BCUT2D eigenvalue weighted by Gasteiger charge is 2.12. The van der Waals surface area contributed by atoms with Crippen LogP contribution in [0.4, 0.5) is 5.69 Å². The molecule has 3 rings (SSSR count). The zero-order valence-corrected chi connectivity index (χ0v) is 14.8. The fourth-order valence-electron chi connectivity index (χ4n) is 2.91. The zero-order chi connectivity index (χ0) is 17.8. The summed E-state index contributed by atoms with van der Waals surface area (Å²) in [5.41, 5.74) is 4.19. The van der Waals surface area contributed by atoms with Crippen molar-refractivity contribution in [2.24, 2.45) is 0 Å². The molecule has 2 aromatic heterocycles. The molecule has 130 valence electrons. The standard InChI is InChI=1S/C20H24N4O/c1-4-16(6-5-15(2)3)18-13-20(25)24-14-17(7-8-19(24)22-18)23-11-9-21-10-12-23/h4-8,13-14,21H,2,9-12H2,1,3H3/b6-5-,16-4+. The highest BCUT2D eigenvalue weighted by molar-refractivity contribution is 5.73. The monoisotopic (exact) mass is 336 g/mol. The number of nitrogens with zero attached hydrogens (tertiary/aromatic N) is 3. The van der Waals surface area contributed by atoms with Gasteiger partial charge in [0.1, 0.15) is 5.65 Å². The molecule has 0 atom stereocenters. The van der Waals surface area contributed by atoms with Gasteiger partial charge in [-0.1, -0.05) is 30.4 Å². The van der Waals surface area contributed by atoms with Crippen molar-refractivity contribution in [2.45, 2.75) is 13.8 Å². The first kappa shape index (κ1) is 17.2. The molecule has 1 N–H and O–H groups in total. The van der Waals surface area contributed by atoms with Gasteiger partial charge in [-0.05, 0) is 31.6 Å². The molecule has 5 heteroatoms. The number of allylic oxidation sites excluding steroid dienone is 5. The van der Waals surface area contributed by atoms with Gasteiger partial charge >= 0.3 is 0 Å². The van der Waals surface area contributed by atoms with Crippen molar-refractivity contribution in [2.75, 3.05) is 31.1 Å². The Balaban J connectivity index is 2.00. The van der Waals surface area contributed by atoms with E-state index in [1.54, 1.807) is 10.5 Å². The fraction of sp³-hybridized carbons (Fsp3) is 0.300. The molecule has 0 radical (unpaired) electrons. The van der Waals surface area contributed by atoms with Crippen LogP contribution in [0, 0.1) is 0 Å². The van der Waals surface area contributed by atoms with Crippen LogP contribution in [0.5, 0.6) is 0 Å². The Morgan fingerprint density at radius 1 is 1.28 bits per heavy atom. The van der Waals surface area contributed by atoms with Crippen molar-refractivity contribution >= 4 is 16.9 Å². The van der Waals surface area contributed by atoms with Crippen LogP contribution >= 0.6 is 0 Å². The second-order valence-electron chi connectivity index (χ2n) is 6.26. The lowest BCUT2D eigenvalue weighted by Crippen LogP contribution is -2.43. The summed E-state index contributed by atoms with van der Waals surface area (Å²) in [5, 5.41) is 3.34. The maximum atomic E-state index is 12.6. The first-order valence-corrected chi connectivity index (χ1v) is 8.58. The van der Waals surface area contributed by atoms with Crippen molar-refractivity contribution in [1.29, 1.82) is 0 Å². The van der Waals surface area contributed by atoms with Gasteiger partial charge in [0.25, 0.3) is 5.56 Å². The Bertz CT molecular complexity index is 902. The molecule has 2 aromatic rings. The minimum absolute atomic E-state index is 0.0694. The Morgan fingerprint density at radius 2 is 2.04 bits per heavy atom. The maximum Gasteiger partial charge on any atom is 0.258 e. The Morgan fingerprint density at radius 3 is 2.72 bits per heavy atom. The fourth-order valence-corrected chi connectivity index (χ4v) is 2.91. The maximum absolute atomic E-state index is 12.6. The number of hydrogen-bond donors (Lipinski definition) is 1. The smallest absolute Gasteiger partial charge is 0.258 e. The van der Waals surface area contributed by atoms with Crippen LogP contribution in [0.1, 0.15) is 19.5 Å². The van der Waals surface area contributed by atoms with Crippen LogP contribution in [0.3, 0.4) is 0 Å². The molecule has 1 saturated heterocycles. The van der Waals surface area contributed by atoms with Crippen LogP contribution < -0.4 is 15.8 Å². The predicted octanol–water partition coefficient (Wildman–Crippen LogP) is 2.64. The van der Waals surface area contributed by atoms with Crippen molar-refractivity contribution in [3.8, 4) is 0 Å². The molecule has 1 fully saturated rings. The van der Waals surface area contributed by atoms with Gasteiger partial charge in [-0.2, -0.15) is 0 Å². The van der Waals surface area contributed by atoms with Gasteiger partial charge in [-0.3, -0.25) is 9.20 Å². The van der Waals surface area contributed by atoms with E-state index in [4.69, 9.17) is 0 Å². The molecule has 0 aliphatic carbocycles. The van der Waals surface area contributed by atoms with E-state index in [9.17, 15) is 4.79 Å². The van der Waals surface area contributed by atoms with Gasteiger partial charge in [0.2, 0.25) is 0 Å². The van der Waals surface area contributed by atoms with Crippen molar-refractivity contribution < 1.29 is 0 Å². The van der Waals surface area contributed by atoms with E-state index in [0.717, 1.165) is 43.0 Å². The summed E-state index contributed by atoms with van der Waals surface area (Å²) in [6, 6.07) is 5.54. The number of fused-ring (bicyclic) bond motifs is 1. The molecule has 3 heterocycles. The Labute approximate surface area is 148 Å². The number of aromatic nitrogens is 2. The zero-order valence-electron chi connectivity index (χ0n) is 14.8. The molecule has 0 amide bonds. The van der Waals surface area contributed by atoms with Gasteiger partial charge in [0.15, 0.2) is 0 Å². The van der Waals surface area contributed by atoms with Gasteiger partial charge < -0.3 is 10.2 Å². The second kappa shape index (κ2) is 7.49. The van der Waals surface area contributed by atoms with Gasteiger partial charge in [0.05, 0.1) is 11.4 Å². The lowest BCUT2D eigenvalue weighted by Gasteiger charge is -2.29. The molecule has 0 unspecified atom stereocenters. The quantitative estimate of drug-likeness (QED) is 0.872. The van der Waals surface area contributed by atoms with Gasteiger partial charge in [-0.15, -0.1) is 0 Å². The average Bonchev–Trinajstić information content (AvgIpc) is 2.62. The van der Waals surface area contributed by atoms with E-state index in [2.05, 4.69) is 21.8 Å². The van der Waals surface area contributed by atoms with Crippen molar-refractivity contribution in [1.82, 2.24) is 14.7 Å². The lowest BCUT2D eigenvalue weighted by atomic mass is 10.1. The van der Waals surface area contributed by atoms with E-state index in [0.29, 0.717) is 11.3 Å². The summed E-state index contributed by atoms with van der Waals surface area (Å²) >= 11 is 0. The van der Waals surface area contributed by atoms with Crippen LogP contribution in [0.15, 0.2) is 59.6 Å². The summed E-state index contributed by atoms with van der Waals surface area (Å²) in [5.74, 6) is 0. The van der Waals surface area contributed by atoms with Crippen LogP contribution in [0.2, 0.25) is 0 Å². The molecule has 1 aliphatic rings. The molecule has 5 nitrogen and oxygen atoms in total. The molecule has 1 aliphatic heterocycles. The van der Waals surface area contributed by atoms with E-state index >= 15 is 0 Å². The number of pyridine rings is 1. The molecule has 0 aromatic carbocycles. The average molecular weight is 336 g/mol. The lowest BCUT2D eigenvalue weighted by molar-refractivity contribution is 0.588. The van der Waals surface area contributed by atoms with E-state index in [1.807, 2.05) is 50.4 Å². The molecule has 0 saturated carbocycles. The highest BCUT2D eigenvalue weighted by Crippen LogP contribution is 2.17. The first-order valence-electron chi connectivity index (χ1n) is 8.58. The number of hydrogen-bond acceptors (Lipinski definition) is 4. The summed E-state index contributed by atoms with van der Waals surface area (Å²) in [7, 11) is 0. The van der Waals surface area contributed by atoms with Gasteiger partial charge in [-0.25, -0.2) is 4.98 Å². The largest absolute Gasteiger partial charge is 0.368 e. The molecule has 0 bridgehead atoms. The molecule has 0 spiro atoms. The van der Waals surface area contributed by atoms with Crippen LogP contribution in [-0.4, -0.2) is 35.6 Å². The predicted molar refractivity (Wildman–Crippen MR) is 104 cm³/mol. The van der Waals surface area contributed by atoms with Crippen LogP contribution in [0.25, 0.3) is 11.2 Å². The minimum Gasteiger partial charge on any atom is -0.368 e. The van der Waals surface area contributed by atoms with Crippen LogP contribution in [-0.2, 0) is 0 Å². The van der Waals surface area contributed by atoms with Crippen molar-refractivity contribution in [3.63, 3.8) is 0 Å². The Kier molecular flexibility index (Phi) is 5.14. The van der Waals surface area contributed by atoms with Gasteiger partial charge in [0, 0.05) is 38.4 Å². The second-order valence-corrected chi connectivity index (χ2v) is 6.26. The minimum atomic E-state index is -0.0694. The highest BCUT2D eigenvalue weighted by atomic mass is 16.1. The topological polar surface area (TPSA) is 49.6 Å². The van der Waals surface area contributed by atoms with E-state index in [1.165, 1.54) is 0 Å². The number of rotatable bonds is 4. The Hall–Kier alpha value is -2.66. The third-order valence-electron chi connectivity index (χ3n) is 4.28. The summed E-state index contributed by atoms with van der Waals surface area (Å²) < 4.78 is 1.62. The summed E-state index contributed by atoms with van der Waals surface area (Å²) in [6.45, 7) is 11.6. The molecular formula is C20H24N4O. The first-order chi connectivity index (χ1) is 12.1. The van der Waals surface area contributed by atoms with E-state index in [-0.39, 0.29) is 5.56 Å². The third-order valence-corrected chi connectivity index (χ3v) is 4.28. The number of piperazine rings is 1. The summed E-state index contributed by atoms with van der Waals surface area (Å²) in [6.07, 6.45) is 7.70. The normalized spacial score (nSPS) is 15.9. The third kappa shape index (κ3) is 3.88. The number of nitrogens with one attached hydrogen (secondary N) is 1. The number of anilines is 1. The molecule has 25 heavy (non-hydrogen) atoms. The summed E-state index contributed by atoms with van der Waals surface area (Å²) in [4.78, 5) is 19.6. The SMILES string of the molecule is C=C(C)/C=C\C(=C/C)c1cc(=O)n2cc(N3CCNCC3)ccc2n1.